The first-order chi connectivity index (χ1) is 12.6. The van der Waals surface area contributed by atoms with E-state index in [4.69, 9.17) is 4.74 Å². The van der Waals surface area contributed by atoms with E-state index in [0.29, 0.717) is 17.8 Å². The average Bonchev–Trinajstić information content (AvgIpc) is 3.04. The summed E-state index contributed by atoms with van der Waals surface area (Å²) in [5.74, 6) is -0.513. The fourth-order valence-corrected chi connectivity index (χ4v) is 3.31. The fourth-order valence-electron chi connectivity index (χ4n) is 3.31. The van der Waals surface area contributed by atoms with Crippen molar-refractivity contribution < 1.29 is 14.3 Å². The lowest BCUT2D eigenvalue weighted by molar-refractivity contribution is -0.139. The SMILES string of the molecule is Cc1ccccc1N1C[C@@H](C(=O)Oc2cccc3cccnc23)CC1=O. The van der Waals surface area contributed by atoms with Gasteiger partial charge in [-0.1, -0.05) is 36.4 Å². The van der Waals surface area contributed by atoms with Crippen LogP contribution in [0.3, 0.4) is 0 Å². The average molecular weight is 346 g/mol. The number of carbonyl (C=O) groups excluding carboxylic acids is 2. The molecule has 0 saturated carbocycles. The number of rotatable bonds is 3. The number of amides is 1. The van der Waals surface area contributed by atoms with Gasteiger partial charge < -0.3 is 9.64 Å². The third-order valence-electron chi connectivity index (χ3n) is 4.67. The van der Waals surface area contributed by atoms with Crippen molar-refractivity contribution in [3.05, 3.63) is 66.4 Å². The number of aromatic nitrogens is 1. The Labute approximate surface area is 151 Å². The van der Waals surface area contributed by atoms with E-state index in [0.717, 1.165) is 16.6 Å². The van der Waals surface area contributed by atoms with Crippen molar-refractivity contribution >= 4 is 28.5 Å². The number of anilines is 1. The van der Waals surface area contributed by atoms with E-state index in [9.17, 15) is 9.59 Å². The molecule has 0 bridgehead atoms. The molecule has 130 valence electrons. The van der Waals surface area contributed by atoms with E-state index in [-0.39, 0.29) is 12.3 Å². The zero-order chi connectivity index (χ0) is 18.1. The van der Waals surface area contributed by atoms with Gasteiger partial charge in [-0.3, -0.25) is 14.6 Å². The summed E-state index contributed by atoms with van der Waals surface area (Å²) in [6.45, 7) is 2.29. The lowest BCUT2D eigenvalue weighted by atomic mass is 10.1. The second-order valence-corrected chi connectivity index (χ2v) is 6.44. The topological polar surface area (TPSA) is 59.5 Å². The number of nitrogens with zero attached hydrogens (tertiary/aromatic N) is 2. The number of carbonyl (C=O) groups is 2. The van der Waals surface area contributed by atoms with Crippen LogP contribution in [0.25, 0.3) is 10.9 Å². The minimum Gasteiger partial charge on any atom is -0.424 e. The first-order valence-corrected chi connectivity index (χ1v) is 8.55. The summed E-state index contributed by atoms with van der Waals surface area (Å²) in [5.41, 5.74) is 2.50. The maximum Gasteiger partial charge on any atom is 0.316 e. The van der Waals surface area contributed by atoms with Gasteiger partial charge in [-0.2, -0.15) is 0 Å². The maximum absolute atomic E-state index is 12.6. The number of para-hydroxylation sites is 2. The van der Waals surface area contributed by atoms with Crippen LogP contribution in [0.1, 0.15) is 12.0 Å². The smallest absolute Gasteiger partial charge is 0.316 e. The molecule has 1 amide bonds. The molecule has 0 unspecified atom stereocenters. The quantitative estimate of drug-likeness (QED) is 0.538. The Morgan fingerprint density at radius 2 is 1.92 bits per heavy atom. The maximum atomic E-state index is 12.6. The number of esters is 1. The van der Waals surface area contributed by atoms with Gasteiger partial charge in [0.25, 0.3) is 0 Å². The molecule has 1 atom stereocenters. The first kappa shape index (κ1) is 16.3. The number of benzene rings is 2. The van der Waals surface area contributed by atoms with Gasteiger partial charge in [0.1, 0.15) is 5.52 Å². The van der Waals surface area contributed by atoms with Gasteiger partial charge >= 0.3 is 5.97 Å². The number of ether oxygens (including phenoxy) is 1. The number of fused-ring (bicyclic) bond motifs is 1. The molecule has 1 aromatic heterocycles. The van der Waals surface area contributed by atoms with Crippen molar-refractivity contribution in [2.24, 2.45) is 5.92 Å². The minimum absolute atomic E-state index is 0.0581. The third kappa shape index (κ3) is 2.92. The monoisotopic (exact) mass is 346 g/mol. The predicted molar refractivity (Wildman–Crippen MR) is 99.0 cm³/mol. The fraction of sp³-hybridized carbons (Fsp3) is 0.190. The Morgan fingerprint density at radius 3 is 2.77 bits per heavy atom. The van der Waals surface area contributed by atoms with Crippen LogP contribution in [0.4, 0.5) is 5.69 Å². The molecule has 0 spiro atoms. The van der Waals surface area contributed by atoms with Crippen molar-refractivity contribution in [3.8, 4) is 5.75 Å². The Morgan fingerprint density at radius 1 is 1.12 bits per heavy atom. The zero-order valence-corrected chi connectivity index (χ0v) is 14.4. The molecule has 26 heavy (non-hydrogen) atoms. The molecular weight excluding hydrogens is 328 g/mol. The summed E-state index contributed by atoms with van der Waals surface area (Å²) in [4.78, 5) is 31.0. The Kier molecular flexibility index (Phi) is 4.13. The van der Waals surface area contributed by atoms with Gasteiger partial charge in [0.05, 0.1) is 5.92 Å². The molecule has 1 aliphatic heterocycles. The van der Waals surface area contributed by atoms with E-state index in [1.807, 2.05) is 55.5 Å². The van der Waals surface area contributed by atoms with Crippen LogP contribution in [0.15, 0.2) is 60.8 Å². The molecule has 1 saturated heterocycles. The highest BCUT2D eigenvalue weighted by Crippen LogP contribution is 2.30. The summed E-state index contributed by atoms with van der Waals surface area (Å²) < 4.78 is 5.59. The molecule has 2 heterocycles. The molecule has 3 aromatic rings. The van der Waals surface area contributed by atoms with Gasteiger partial charge in [-0.05, 0) is 30.7 Å². The van der Waals surface area contributed by atoms with Gasteiger partial charge in [0.15, 0.2) is 5.75 Å². The zero-order valence-electron chi connectivity index (χ0n) is 14.4. The van der Waals surface area contributed by atoms with Gasteiger partial charge in [0, 0.05) is 30.2 Å². The van der Waals surface area contributed by atoms with Crippen LogP contribution in [0, 0.1) is 12.8 Å². The molecule has 0 aliphatic carbocycles. The van der Waals surface area contributed by atoms with Crippen molar-refractivity contribution in [2.45, 2.75) is 13.3 Å². The lowest BCUT2D eigenvalue weighted by Crippen LogP contribution is -2.27. The summed E-state index contributed by atoms with van der Waals surface area (Å²) in [6, 6.07) is 16.9. The molecule has 0 radical (unpaired) electrons. The molecule has 1 aliphatic rings. The number of hydrogen-bond acceptors (Lipinski definition) is 4. The van der Waals surface area contributed by atoms with Crippen LogP contribution < -0.4 is 9.64 Å². The molecule has 2 aromatic carbocycles. The largest absolute Gasteiger partial charge is 0.424 e. The van der Waals surface area contributed by atoms with Crippen LogP contribution >= 0.6 is 0 Å². The molecule has 0 N–H and O–H groups in total. The normalized spacial score (nSPS) is 16.9. The van der Waals surface area contributed by atoms with E-state index >= 15 is 0 Å². The summed E-state index contributed by atoms with van der Waals surface area (Å²) >= 11 is 0. The van der Waals surface area contributed by atoms with E-state index in [1.54, 1.807) is 17.2 Å². The summed E-state index contributed by atoms with van der Waals surface area (Å²) in [5, 5.41) is 0.904. The third-order valence-corrected chi connectivity index (χ3v) is 4.67. The van der Waals surface area contributed by atoms with Crippen LogP contribution in [-0.2, 0) is 9.59 Å². The molecule has 5 heteroatoms. The Balaban J connectivity index is 1.54. The number of aryl methyl sites for hydroxylation is 1. The second-order valence-electron chi connectivity index (χ2n) is 6.44. The van der Waals surface area contributed by atoms with E-state index in [1.165, 1.54) is 0 Å². The lowest BCUT2D eigenvalue weighted by Gasteiger charge is -2.18. The van der Waals surface area contributed by atoms with Crippen LogP contribution in [-0.4, -0.2) is 23.4 Å². The second kappa shape index (κ2) is 6.59. The van der Waals surface area contributed by atoms with Gasteiger partial charge in [-0.25, -0.2) is 0 Å². The highest BCUT2D eigenvalue weighted by atomic mass is 16.5. The molecule has 4 rings (SSSR count). The predicted octanol–water partition coefficient (Wildman–Crippen LogP) is 3.50. The van der Waals surface area contributed by atoms with E-state index in [2.05, 4.69) is 4.98 Å². The van der Waals surface area contributed by atoms with Crippen molar-refractivity contribution in [3.63, 3.8) is 0 Å². The molecular formula is C21H18N2O3. The van der Waals surface area contributed by atoms with Crippen LogP contribution in [0.5, 0.6) is 5.75 Å². The van der Waals surface area contributed by atoms with E-state index < -0.39 is 11.9 Å². The Hall–Kier alpha value is -3.21. The van der Waals surface area contributed by atoms with Crippen molar-refractivity contribution in [1.29, 1.82) is 0 Å². The van der Waals surface area contributed by atoms with Crippen LogP contribution in [0.2, 0.25) is 0 Å². The standard InChI is InChI=1S/C21H18N2O3/c1-14-6-2-3-9-17(14)23-13-16(12-19(23)24)21(25)26-18-10-4-7-15-8-5-11-22-20(15)18/h2-11,16H,12-13H2,1H3/t16-/m0/s1. The van der Waals surface area contributed by atoms with Gasteiger partial charge in [-0.15, -0.1) is 0 Å². The highest BCUT2D eigenvalue weighted by molar-refractivity contribution is 6.00. The summed E-state index contributed by atoms with van der Waals surface area (Å²) in [7, 11) is 0. The minimum atomic E-state index is -0.485. The number of hydrogen-bond donors (Lipinski definition) is 0. The molecule has 5 nitrogen and oxygen atoms in total. The highest BCUT2D eigenvalue weighted by Gasteiger charge is 2.37. The Bertz CT molecular complexity index is 994. The first-order valence-electron chi connectivity index (χ1n) is 8.55. The molecule has 1 fully saturated rings. The van der Waals surface area contributed by atoms with Crippen molar-refractivity contribution in [2.75, 3.05) is 11.4 Å². The van der Waals surface area contributed by atoms with Crippen molar-refractivity contribution in [1.82, 2.24) is 4.98 Å². The number of pyridine rings is 1. The summed E-state index contributed by atoms with van der Waals surface area (Å²) in [6.07, 6.45) is 1.82. The van der Waals surface area contributed by atoms with Gasteiger partial charge in [0.2, 0.25) is 5.91 Å².